The fourth-order valence-corrected chi connectivity index (χ4v) is 1.91. The van der Waals surface area contributed by atoms with Crippen LogP contribution in [0.1, 0.15) is 10.5 Å². The van der Waals surface area contributed by atoms with E-state index in [1.165, 1.54) is 12.1 Å². The molecule has 0 unspecified atom stereocenters. The van der Waals surface area contributed by atoms with Crippen LogP contribution in [0.5, 0.6) is 0 Å². The minimum Gasteiger partial charge on any atom is -0.305 e. The molecule has 104 valence electrons. The van der Waals surface area contributed by atoms with Crippen molar-refractivity contribution in [2.75, 3.05) is 5.32 Å². The number of pyridine rings is 1. The van der Waals surface area contributed by atoms with E-state index in [0.29, 0.717) is 10.8 Å². The average Bonchev–Trinajstić information content (AvgIpc) is 2.50. The van der Waals surface area contributed by atoms with E-state index in [1.807, 2.05) is 0 Å². The number of nitrogens with one attached hydrogen (secondary N) is 2. The summed E-state index contributed by atoms with van der Waals surface area (Å²) < 4.78 is 12.8. The summed E-state index contributed by atoms with van der Waals surface area (Å²) in [5, 5.41) is 9.33. The van der Waals surface area contributed by atoms with Crippen LogP contribution in [0.2, 0.25) is 0 Å². The van der Waals surface area contributed by atoms with Gasteiger partial charge in [0.1, 0.15) is 11.6 Å². The average molecular weight is 284 g/mol. The van der Waals surface area contributed by atoms with E-state index >= 15 is 0 Å². The zero-order chi connectivity index (χ0) is 14.8. The van der Waals surface area contributed by atoms with Crippen molar-refractivity contribution in [1.29, 1.82) is 0 Å². The standard InChI is InChI=1S/C14H9FN4O2/c15-8-5-6-11(16-7-8)17-14(21)12-9-3-1-2-4-10(9)13(20)19-18-12/h1-7H,(H,19,20)(H,16,17,21). The number of rotatable bonds is 2. The lowest BCUT2D eigenvalue weighted by Gasteiger charge is -2.05. The maximum absolute atomic E-state index is 12.8. The third-order valence-corrected chi connectivity index (χ3v) is 2.88. The van der Waals surface area contributed by atoms with Crippen molar-refractivity contribution in [3.63, 3.8) is 0 Å². The van der Waals surface area contributed by atoms with Crippen LogP contribution >= 0.6 is 0 Å². The van der Waals surface area contributed by atoms with Crippen molar-refractivity contribution >= 4 is 22.5 Å². The van der Waals surface area contributed by atoms with Crippen molar-refractivity contribution in [1.82, 2.24) is 15.2 Å². The van der Waals surface area contributed by atoms with Gasteiger partial charge in [-0.15, -0.1) is 0 Å². The SMILES string of the molecule is O=C(Nc1ccc(F)cn1)c1n[nH]c(=O)c2ccccc12. The van der Waals surface area contributed by atoms with Crippen LogP contribution < -0.4 is 10.9 Å². The van der Waals surface area contributed by atoms with E-state index in [-0.39, 0.29) is 17.1 Å². The molecule has 3 rings (SSSR count). The highest BCUT2D eigenvalue weighted by Gasteiger charge is 2.14. The normalized spacial score (nSPS) is 10.5. The molecule has 7 heteroatoms. The van der Waals surface area contributed by atoms with Crippen molar-refractivity contribution in [3.8, 4) is 0 Å². The first-order valence-corrected chi connectivity index (χ1v) is 6.05. The number of hydrogen-bond acceptors (Lipinski definition) is 4. The van der Waals surface area contributed by atoms with Gasteiger partial charge in [0, 0.05) is 5.39 Å². The Bertz CT molecular complexity index is 874. The number of benzene rings is 1. The molecule has 0 aliphatic heterocycles. The molecular formula is C14H9FN4O2. The van der Waals surface area contributed by atoms with Crippen LogP contribution in [0.4, 0.5) is 10.2 Å². The van der Waals surface area contributed by atoms with Gasteiger partial charge in [-0.2, -0.15) is 5.10 Å². The molecule has 0 saturated heterocycles. The highest BCUT2D eigenvalue weighted by molar-refractivity contribution is 6.10. The third-order valence-electron chi connectivity index (χ3n) is 2.88. The lowest BCUT2D eigenvalue weighted by molar-refractivity contribution is 0.102. The molecule has 0 saturated carbocycles. The van der Waals surface area contributed by atoms with Gasteiger partial charge in [0.05, 0.1) is 11.6 Å². The molecule has 2 aromatic heterocycles. The molecule has 1 aromatic carbocycles. The topological polar surface area (TPSA) is 87.7 Å². The molecule has 2 heterocycles. The van der Waals surface area contributed by atoms with Gasteiger partial charge in [-0.05, 0) is 18.2 Å². The zero-order valence-electron chi connectivity index (χ0n) is 10.6. The maximum Gasteiger partial charge on any atom is 0.277 e. The molecule has 2 N–H and O–H groups in total. The predicted octanol–water partition coefficient (Wildman–Crippen LogP) is 1.71. The Morgan fingerprint density at radius 1 is 1.14 bits per heavy atom. The van der Waals surface area contributed by atoms with Crippen LogP contribution in [0.15, 0.2) is 47.4 Å². The molecule has 21 heavy (non-hydrogen) atoms. The summed E-state index contributed by atoms with van der Waals surface area (Å²) in [6.45, 7) is 0. The first kappa shape index (κ1) is 12.9. The molecule has 0 spiro atoms. The van der Waals surface area contributed by atoms with E-state index in [0.717, 1.165) is 6.20 Å². The minimum absolute atomic E-state index is 0.0660. The van der Waals surface area contributed by atoms with Crippen LogP contribution in [0.25, 0.3) is 10.8 Å². The highest BCUT2D eigenvalue weighted by atomic mass is 19.1. The number of carbonyl (C=O) groups excluding carboxylic acids is 1. The van der Waals surface area contributed by atoms with E-state index in [4.69, 9.17) is 0 Å². The summed E-state index contributed by atoms with van der Waals surface area (Å²) >= 11 is 0. The molecule has 0 bridgehead atoms. The van der Waals surface area contributed by atoms with E-state index in [2.05, 4.69) is 20.5 Å². The lowest BCUT2D eigenvalue weighted by Crippen LogP contribution is -2.19. The number of fused-ring (bicyclic) bond motifs is 1. The quantitative estimate of drug-likeness (QED) is 0.750. The van der Waals surface area contributed by atoms with Crippen molar-refractivity contribution in [3.05, 3.63) is 64.5 Å². The molecule has 6 nitrogen and oxygen atoms in total. The van der Waals surface area contributed by atoms with Gasteiger partial charge in [0.25, 0.3) is 11.5 Å². The smallest absolute Gasteiger partial charge is 0.277 e. The number of carbonyl (C=O) groups is 1. The van der Waals surface area contributed by atoms with Gasteiger partial charge in [0.15, 0.2) is 5.69 Å². The number of nitrogens with zero attached hydrogens (tertiary/aromatic N) is 2. The molecule has 0 aliphatic rings. The fraction of sp³-hybridized carbons (Fsp3) is 0. The van der Waals surface area contributed by atoms with Gasteiger partial charge < -0.3 is 5.32 Å². The Balaban J connectivity index is 2.00. The number of aromatic amines is 1. The van der Waals surface area contributed by atoms with Crippen LogP contribution in [0.3, 0.4) is 0 Å². The van der Waals surface area contributed by atoms with Crippen molar-refractivity contribution < 1.29 is 9.18 Å². The van der Waals surface area contributed by atoms with Gasteiger partial charge >= 0.3 is 0 Å². The lowest BCUT2D eigenvalue weighted by atomic mass is 10.1. The zero-order valence-corrected chi connectivity index (χ0v) is 10.6. The fourth-order valence-electron chi connectivity index (χ4n) is 1.91. The summed E-state index contributed by atoms with van der Waals surface area (Å²) in [5.41, 5.74) is -0.307. The monoisotopic (exact) mass is 284 g/mol. The molecular weight excluding hydrogens is 275 g/mol. The van der Waals surface area contributed by atoms with Gasteiger partial charge in [-0.3, -0.25) is 9.59 Å². The second kappa shape index (κ2) is 5.12. The first-order valence-electron chi connectivity index (χ1n) is 6.05. The van der Waals surface area contributed by atoms with Crippen LogP contribution in [-0.4, -0.2) is 21.1 Å². The minimum atomic E-state index is -0.540. The number of hydrogen-bond donors (Lipinski definition) is 2. The summed E-state index contributed by atoms with van der Waals surface area (Å²) in [6.07, 6.45) is 0.994. The second-order valence-electron chi connectivity index (χ2n) is 4.26. The molecule has 0 fully saturated rings. The Hall–Kier alpha value is -3.09. The van der Waals surface area contributed by atoms with E-state index in [9.17, 15) is 14.0 Å². The third kappa shape index (κ3) is 2.48. The van der Waals surface area contributed by atoms with Gasteiger partial charge in [0.2, 0.25) is 0 Å². The van der Waals surface area contributed by atoms with Crippen LogP contribution in [0, 0.1) is 5.82 Å². The molecule has 0 radical (unpaired) electrons. The molecule has 0 aliphatic carbocycles. The van der Waals surface area contributed by atoms with Gasteiger partial charge in [-0.1, -0.05) is 18.2 Å². The number of aromatic nitrogens is 3. The summed E-state index contributed by atoms with van der Waals surface area (Å²) in [7, 11) is 0. The molecule has 0 atom stereocenters. The van der Waals surface area contributed by atoms with Crippen molar-refractivity contribution in [2.45, 2.75) is 0 Å². The molecule has 3 aromatic rings. The molecule has 1 amide bonds. The number of anilines is 1. The highest BCUT2D eigenvalue weighted by Crippen LogP contribution is 2.14. The predicted molar refractivity (Wildman–Crippen MR) is 74.5 cm³/mol. The van der Waals surface area contributed by atoms with Crippen molar-refractivity contribution in [2.24, 2.45) is 0 Å². The number of H-pyrrole nitrogens is 1. The number of amides is 1. The largest absolute Gasteiger partial charge is 0.305 e. The first-order chi connectivity index (χ1) is 10.1. The summed E-state index contributed by atoms with van der Waals surface area (Å²) in [4.78, 5) is 27.6. The van der Waals surface area contributed by atoms with Gasteiger partial charge in [-0.25, -0.2) is 14.5 Å². The van der Waals surface area contributed by atoms with Crippen LogP contribution in [-0.2, 0) is 0 Å². The Labute approximate surface area is 117 Å². The Morgan fingerprint density at radius 3 is 2.62 bits per heavy atom. The second-order valence-corrected chi connectivity index (χ2v) is 4.26. The summed E-state index contributed by atoms with van der Waals surface area (Å²) in [5.74, 6) is -0.847. The Morgan fingerprint density at radius 2 is 1.90 bits per heavy atom. The maximum atomic E-state index is 12.8. The summed E-state index contributed by atoms with van der Waals surface area (Å²) in [6, 6.07) is 9.15. The van der Waals surface area contributed by atoms with E-state index < -0.39 is 11.7 Å². The van der Waals surface area contributed by atoms with E-state index in [1.54, 1.807) is 24.3 Å². The number of halogens is 1. The Kier molecular flexibility index (Phi) is 3.15.